The van der Waals surface area contributed by atoms with Crippen molar-refractivity contribution in [2.45, 2.75) is 83.2 Å². The van der Waals surface area contributed by atoms with E-state index in [4.69, 9.17) is 4.98 Å². The van der Waals surface area contributed by atoms with Crippen LogP contribution in [-0.2, 0) is 11.3 Å². The Morgan fingerprint density at radius 1 is 1.07 bits per heavy atom. The molecule has 1 spiro atoms. The monoisotopic (exact) mass is 408 g/mol. The molecule has 30 heavy (non-hydrogen) atoms. The van der Waals surface area contributed by atoms with Crippen molar-refractivity contribution < 1.29 is 4.79 Å². The number of hydrogen-bond donors (Lipinski definition) is 0. The maximum absolute atomic E-state index is 12.8. The van der Waals surface area contributed by atoms with Crippen LogP contribution in [-0.4, -0.2) is 50.3 Å². The van der Waals surface area contributed by atoms with Crippen LogP contribution in [0.5, 0.6) is 0 Å². The number of nitrogens with zero attached hydrogens (tertiary/aromatic N) is 4. The number of aryl methyl sites for hydroxylation is 1. The van der Waals surface area contributed by atoms with Gasteiger partial charge in [0.1, 0.15) is 5.65 Å². The summed E-state index contributed by atoms with van der Waals surface area (Å²) in [6, 6.07) is 6.21. The number of likely N-dealkylation sites (tertiary alicyclic amines) is 2. The number of aromatic nitrogens is 2. The topological polar surface area (TPSA) is 40.9 Å². The molecule has 1 aliphatic carbocycles. The van der Waals surface area contributed by atoms with E-state index in [0.717, 1.165) is 57.0 Å². The van der Waals surface area contributed by atoms with Gasteiger partial charge in [-0.05, 0) is 70.0 Å². The lowest BCUT2D eigenvalue weighted by Gasteiger charge is -2.41. The van der Waals surface area contributed by atoms with E-state index in [1.807, 2.05) is 0 Å². The molecule has 2 aromatic rings. The lowest BCUT2D eigenvalue weighted by Crippen LogP contribution is -2.48. The number of fused-ring (bicyclic) bond motifs is 1. The smallest absolute Gasteiger partial charge is 0.223 e. The molecule has 1 unspecified atom stereocenters. The molecular weight excluding hydrogens is 372 g/mol. The van der Waals surface area contributed by atoms with E-state index in [0.29, 0.717) is 5.91 Å². The van der Waals surface area contributed by atoms with Crippen LogP contribution >= 0.6 is 0 Å². The highest BCUT2D eigenvalue weighted by Crippen LogP contribution is 2.41. The van der Waals surface area contributed by atoms with Crippen molar-refractivity contribution in [2.75, 3.05) is 19.6 Å². The molecule has 3 fully saturated rings. The summed E-state index contributed by atoms with van der Waals surface area (Å²) in [5.41, 5.74) is 3.60. The Kier molecular flexibility index (Phi) is 5.57. The molecule has 0 N–H and O–H groups in total. The predicted octanol–water partition coefficient (Wildman–Crippen LogP) is 4.57. The summed E-state index contributed by atoms with van der Waals surface area (Å²) < 4.78 is 2.19. The van der Waals surface area contributed by atoms with Gasteiger partial charge in [0.25, 0.3) is 0 Å². The van der Waals surface area contributed by atoms with E-state index in [1.54, 1.807) is 0 Å². The van der Waals surface area contributed by atoms with E-state index in [2.05, 4.69) is 45.5 Å². The second-order valence-electron chi connectivity index (χ2n) is 9.94. The second-order valence-corrected chi connectivity index (χ2v) is 9.94. The number of pyridine rings is 1. The Balaban J connectivity index is 1.28. The van der Waals surface area contributed by atoms with Gasteiger partial charge in [-0.3, -0.25) is 9.69 Å². The van der Waals surface area contributed by atoms with Gasteiger partial charge in [-0.1, -0.05) is 25.3 Å². The molecule has 5 nitrogen and oxygen atoms in total. The summed E-state index contributed by atoms with van der Waals surface area (Å²) in [4.78, 5) is 22.7. The quantitative estimate of drug-likeness (QED) is 0.744. The van der Waals surface area contributed by atoms with Crippen LogP contribution in [0.15, 0.2) is 24.4 Å². The van der Waals surface area contributed by atoms with Gasteiger partial charge in [-0.2, -0.15) is 0 Å². The zero-order chi connectivity index (χ0) is 20.6. The number of rotatable bonds is 4. The van der Waals surface area contributed by atoms with Gasteiger partial charge in [0, 0.05) is 43.5 Å². The Bertz CT molecular complexity index is 900. The molecule has 1 atom stereocenters. The van der Waals surface area contributed by atoms with Gasteiger partial charge < -0.3 is 9.30 Å². The summed E-state index contributed by atoms with van der Waals surface area (Å²) in [7, 11) is 0. The van der Waals surface area contributed by atoms with Crippen molar-refractivity contribution in [1.29, 1.82) is 0 Å². The second kappa shape index (κ2) is 8.33. The van der Waals surface area contributed by atoms with Gasteiger partial charge in [0.2, 0.25) is 5.91 Å². The maximum atomic E-state index is 12.8. The molecule has 1 amide bonds. The third-order valence-electron chi connectivity index (χ3n) is 8.09. The van der Waals surface area contributed by atoms with Crippen LogP contribution < -0.4 is 0 Å². The Hall–Kier alpha value is -1.88. The third-order valence-corrected chi connectivity index (χ3v) is 8.09. The first kappa shape index (κ1) is 20.0. The van der Waals surface area contributed by atoms with Crippen LogP contribution in [0.4, 0.5) is 0 Å². The van der Waals surface area contributed by atoms with E-state index in [9.17, 15) is 4.79 Å². The number of hydrogen-bond acceptors (Lipinski definition) is 3. The van der Waals surface area contributed by atoms with Crippen LogP contribution in [0, 0.1) is 12.8 Å². The Labute approximate surface area is 180 Å². The minimum atomic E-state index is 0.122. The highest BCUT2D eigenvalue weighted by atomic mass is 16.2. The first-order valence-corrected chi connectivity index (χ1v) is 12.1. The third kappa shape index (κ3) is 3.77. The standard InChI is InChI=1S/C25H36N4O/c1-20-22(26-23-10-5-6-16-28(20)23)19-27-15-7-12-25(14-17-27)13-11-24(30)29(25)18-21-8-3-2-4-9-21/h5-6,10,16,21H,2-4,7-9,11-15,17-19H2,1H3. The largest absolute Gasteiger partial charge is 0.337 e. The lowest BCUT2D eigenvalue weighted by atomic mass is 9.84. The molecular formula is C25H36N4O. The van der Waals surface area contributed by atoms with Crippen LogP contribution in [0.25, 0.3) is 5.65 Å². The van der Waals surface area contributed by atoms with Crippen molar-refractivity contribution in [1.82, 2.24) is 19.2 Å². The number of carbonyl (C=O) groups is 1. The van der Waals surface area contributed by atoms with E-state index in [-0.39, 0.29) is 5.54 Å². The molecule has 0 aromatic carbocycles. The molecule has 2 aliphatic heterocycles. The Morgan fingerprint density at radius 3 is 2.77 bits per heavy atom. The number of carbonyl (C=O) groups excluding carboxylic acids is 1. The molecule has 3 aliphatic rings. The normalized spacial score (nSPS) is 26.7. The van der Waals surface area contributed by atoms with Crippen LogP contribution in [0.3, 0.4) is 0 Å². The average Bonchev–Trinajstić information content (AvgIpc) is 3.15. The van der Waals surface area contributed by atoms with Crippen molar-refractivity contribution in [3.05, 3.63) is 35.8 Å². The molecule has 2 aromatic heterocycles. The SMILES string of the molecule is Cc1c(CN2CCCC3(CCC(=O)N3CC3CCCCC3)CC2)nc2ccccn12. The summed E-state index contributed by atoms with van der Waals surface area (Å²) in [6.45, 7) is 6.29. The average molecular weight is 409 g/mol. The molecule has 2 saturated heterocycles. The summed E-state index contributed by atoms with van der Waals surface area (Å²) in [5.74, 6) is 1.16. The molecule has 0 bridgehead atoms. The molecule has 1 saturated carbocycles. The van der Waals surface area contributed by atoms with Crippen LogP contribution in [0.1, 0.15) is 75.6 Å². The van der Waals surface area contributed by atoms with Crippen LogP contribution in [0.2, 0.25) is 0 Å². The summed E-state index contributed by atoms with van der Waals surface area (Å²) in [5, 5.41) is 0. The summed E-state index contributed by atoms with van der Waals surface area (Å²) >= 11 is 0. The van der Waals surface area contributed by atoms with Gasteiger partial charge in [0.05, 0.1) is 5.69 Å². The van der Waals surface area contributed by atoms with E-state index in [1.165, 1.54) is 56.3 Å². The van der Waals surface area contributed by atoms with Crippen molar-refractivity contribution in [3.8, 4) is 0 Å². The molecule has 4 heterocycles. The van der Waals surface area contributed by atoms with Gasteiger partial charge in [-0.15, -0.1) is 0 Å². The molecule has 5 rings (SSSR count). The first-order valence-electron chi connectivity index (χ1n) is 12.1. The fraction of sp³-hybridized carbons (Fsp3) is 0.680. The first-order chi connectivity index (χ1) is 14.6. The zero-order valence-corrected chi connectivity index (χ0v) is 18.5. The maximum Gasteiger partial charge on any atom is 0.223 e. The molecule has 5 heteroatoms. The molecule has 0 radical (unpaired) electrons. The van der Waals surface area contributed by atoms with Crippen molar-refractivity contribution in [2.24, 2.45) is 5.92 Å². The minimum Gasteiger partial charge on any atom is -0.337 e. The summed E-state index contributed by atoms with van der Waals surface area (Å²) in [6.07, 6.45) is 14.1. The minimum absolute atomic E-state index is 0.122. The van der Waals surface area contributed by atoms with E-state index < -0.39 is 0 Å². The van der Waals surface area contributed by atoms with Gasteiger partial charge >= 0.3 is 0 Å². The highest BCUT2D eigenvalue weighted by Gasteiger charge is 2.46. The lowest BCUT2D eigenvalue weighted by molar-refractivity contribution is -0.132. The predicted molar refractivity (Wildman–Crippen MR) is 119 cm³/mol. The van der Waals surface area contributed by atoms with Crippen molar-refractivity contribution >= 4 is 11.6 Å². The number of amides is 1. The highest BCUT2D eigenvalue weighted by molar-refractivity contribution is 5.79. The van der Waals surface area contributed by atoms with Gasteiger partial charge in [-0.25, -0.2) is 4.98 Å². The van der Waals surface area contributed by atoms with E-state index >= 15 is 0 Å². The molecule has 162 valence electrons. The fourth-order valence-electron chi connectivity index (χ4n) is 6.24. The van der Waals surface area contributed by atoms with Gasteiger partial charge in [0.15, 0.2) is 0 Å². The number of imidazole rings is 1. The Morgan fingerprint density at radius 2 is 1.93 bits per heavy atom. The zero-order valence-electron chi connectivity index (χ0n) is 18.5. The fourth-order valence-corrected chi connectivity index (χ4v) is 6.24. The van der Waals surface area contributed by atoms with Crippen molar-refractivity contribution in [3.63, 3.8) is 0 Å².